The van der Waals surface area contributed by atoms with Gasteiger partial charge in [0.2, 0.25) is 0 Å². The molecule has 0 saturated carbocycles. The van der Waals surface area contributed by atoms with E-state index in [-0.39, 0.29) is 5.91 Å². The molecule has 0 unspecified atom stereocenters. The number of hydrogen-bond donors (Lipinski definition) is 0. The van der Waals surface area contributed by atoms with E-state index in [4.69, 9.17) is 9.47 Å². The van der Waals surface area contributed by atoms with E-state index in [1.165, 1.54) is 0 Å². The zero-order valence-electron chi connectivity index (χ0n) is 16.1. The average molecular weight is 381 g/mol. The number of rotatable bonds is 5. The predicted octanol–water partition coefficient (Wildman–Crippen LogP) is 2.85. The maximum absolute atomic E-state index is 12.9. The van der Waals surface area contributed by atoms with Crippen LogP contribution >= 0.6 is 0 Å². The van der Waals surface area contributed by atoms with E-state index < -0.39 is 0 Å². The van der Waals surface area contributed by atoms with Gasteiger partial charge < -0.3 is 19.3 Å². The van der Waals surface area contributed by atoms with Crippen molar-refractivity contribution in [1.29, 1.82) is 0 Å². The first kappa shape index (κ1) is 18.7. The summed E-state index contributed by atoms with van der Waals surface area (Å²) < 4.78 is 11.3. The summed E-state index contributed by atoms with van der Waals surface area (Å²) in [6.45, 7) is 5.37. The highest BCUT2D eigenvalue weighted by Gasteiger charge is 2.25. The minimum Gasteiger partial charge on any atom is -0.493 e. The Morgan fingerprint density at radius 3 is 2.57 bits per heavy atom. The average Bonchev–Trinajstić information content (AvgIpc) is 2.79. The van der Waals surface area contributed by atoms with Crippen LogP contribution in [0.15, 0.2) is 48.7 Å². The first-order valence-corrected chi connectivity index (χ1v) is 10.1. The van der Waals surface area contributed by atoms with Crippen molar-refractivity contribution >= 4 is 11.6 Å². The fourth-order valence-electron chi connectivity index (χ4n) is 3.75. The van der Waals surface area contributed by atoms with E-state index in [1.807, 2.05) is 47.4 Å². The van der Waals surface area contributed by atoms with Gasteiger partial charge in [-0.3, -0.25) is 9.78 Å². The molecule has 1 amide bonds. The molecule has 2 fully saturated rings. The molecule has 1 aromatic heterocycles. The molecule has 4 rings (SSSR count). The lowest BCUT2D eigenvalue weighted by Gasteiger charge is -2.32. The summed E-state index contributed by atoms with van der Waals surface area (Å²) >= 11 is 0. The Balaban J connectivity index is 1.30. The molecule has 6 nitrogen and oxygen atoms in total. The van der Waals surface area contributed by atoms with Crippen molar-refractivity contribution in [3.63, 3.8) is 0 Å². The number of piperidine rings is 1. The topological polar surface area (TPSA) is 54.9 Å². The van der Waals surface area contributed by atoms with Crippen molar-refractivity contribution in [1.82, 2.24) is 9.88 Å². The van der Waals surface area contributed by atoms with Crippen LogP contribution in [0.4, 0.5) is 5.69 Å². The van der Waals surface area contributed by atoms with Gasteiger partial charge in [-0.05, 0) is 43.0 Å². The number of para-hydroxylation sites is 1. The fraction of sp³-hybridized carbons (Fsp3) is 0.455. The number of benzene rings is 1. The molecule has 0 N–H and O–H groups in total. The number of pyridine rings is 1. The highest BCUT2D eigenvalue weighted by Crippen LogP contribution is 2.22. The highest BCUT2D eigenvalue weighted by molar-refractivity contribution is 5.93. The number of hydrogen-bond acceptors (Lipinski definition) is 5. The maximum Gasteiger partial charge on any atom is 0.272 e. The molecule has 0 aliphatic carbocycles. The third kappa shape index (κ3) is 4.62. The monoisotopic (exact) mass is 381 g/mol. The van der Waals surface area contributed by atoms with E-state index in [2.05, 4.69) is 9.88 Å². The Morgan fingerprint density at radius 1 is 1.07 bits per heavy atom. The van der Waals surface area contributed by atoms with E-state index in [1.54, 1.807) is 6.20 Å². The van der Waals surface area contributed by atoms with Crippen molar-refractivity contribution in [2.75, 3.05) is 50.9 Å². The van der Waals surface area contributed by atoms with Crippen LogP contribution in [0.1, 0.15) is 23.3 Å². The van der Waals surface area contributed by atoms with Gasteiger partial charge in [0.05, 0.1) is 19.8 Å². The number of carbonyl (C=O) groups is 1. The van der Waals surface area contributed by atoms with Gasteiger partial charge in [-0.15, -0.1) is 0 Å². The third-order valence-corrected chi connectivity index (χ3v) is 5.47. The number of amides is 1. The Bertz CT molecular complexity index is 770. The molecule has 2 aliphatic rings. The molecular formula is C22H27N3O3. The van der Waals surface area contributed by atoms with Crippen LogP contribution in [-0.2, 0) is 4.74 Å². The van der Waals surface area contributed by atoms with Gasteiger partial charge in [0.25, 0.3) is 5.91 Å². The van der Waals surface area contributed by atoms with E-state index in [0.29, 0.717) is 18.2 Å². The second kappa shape index (κ2) is 9.06. The smallest absolute Gasteiger partial charge is 0.272 e. The van der Waals surface area contributed by atoms with Crippen molar-refractivity contribution in [3.8, 4) is 5.75 Å². The summed E-state index contributed by atoms with van der Waals surface area (Å²) in [7, 11) is 0. The zero-order valence-corrected chi connectivity index (χ0v) is 16.1. The third-order valence-electron chi connectivity index (χ3n) is 5.47. The van der Waals surface area contributed by atoms with Gasteiger partial charge in [0.15, 0.2) is 0 Å². The molecule has 2 saturated heterocycles. The molecule has 1 aromatic carbocycles. The van der Waals surface area contributed by atoms with Crippen LogP contribution < -0.4 is 9.64 Å². The van der Waals surface area contributed by atoms with Crippen LogP contribution in [0.3, 0.4) is 0 Å². The summed E-state index contributed by atoms with van der Waals surface area (Å²) in [6.07, 6.45) is 3.65. The van der Waals surface area contributed by atoms with Gasteiger partial charge >= 0.3 is 0 Å². The van der Waals surface area contributed by atoms with Gasteiger partial charge in [-0.2, -0.15) is 0 Å². The van der Waals surface area contributed by atoms with Crippen LogP contribution in [0.5, 0.6) is 5.75 Å². The molecule has 148 valence electrons. The molecule has 0 radical (unpaired) electrons. The van der Waals surface area contributed by atoms with Gasteiger partial charge in [-0.1, -0.05) is 18.2 Å². The number of likely N-dealkylation sites (tertiary alicyclic amines) is 1. The first-order chi connectivity index (χ1) is 13.8. The zero-order chi connectivity index (χ0) is 19.2. The van der Waals surface area contributed by atoms with Crippen LogP contribution in [0.2, 0.25) is 0 Å². The fourth-order valence-corrected chi connectivity index (χ4v) is 3.75. The van der Waals surface area contributed by atoms with Crippen molar-refractivity contribution in [2.24, 2.45) is 5.92 Å². The minimum absolute atomic E-state index is 0.0255. The number of ether oxygens (including phenoxy) is 2. The van der Waals surface area contributed by atoms with Crippen LogP contribution in [0.25, 0.3) is 0 Å². The number of anilines is 1. The highest BCUT2D eigenvalue weighted by atomic mass is 16.5. The standard InChI is InChI=1S/C22H27N3O3/c26-22(21-16-19(6-9-23-21)24-12-14-27-15-13-24)25-10-7-18(8-11-25)17-28-20-4-2-1-3-5-20/h1-6,9,16,18H,7-8,10-15,17H2. The quantitative estimate of drug-likeness (QED) is 0.797. The molecule has 2 aromatic rings. The largest absolute Gasteiger partial charge is 0.493 e. The van der Waals surface area contributed by atoms with Gasteiger partial charge in [-0.25, -0.2) is 0 Å². The van der Waals surface area contributed by atoms with Crippen LogP contribution in [-0.4, -0.2) is 61.8 Å². The van der Waals surface area contributed by atoms with Crippen molar-refractivity contribution in [2.45, 2.75) is 12.8 Å². The second-order valence-corrected chi connectivity index (χ2v) is 7.36. The van der Waals surface area contributed by atoms with Gasteiger partial charge in [0.1, 0.15) is 11.4 Å². The molecule has 0 bridgehead atoms. The molecule has 28 heavy (non-hydrogen) atoms. The lowest BCUT2D eigenvalue weighted by atomic mass is 9.97. The summed E-state index contributed by atoms with van der Waals surface area (Å²) in [5, 5.41) is 0. The Morgan fingerprint density at radius 2 is 1.82 bits per heavy atom. The minimum atomic E-state index is 0.0255. The van der Waals surface area contributed by atoms with Gasteiger partial charge in [0, 0.05) is 38.1 Å². The molecule has 0 atom stereocenters. The number of carbonyl (C=O) groups excluding carboxylic acids is 1. The predicted molar refractivity (Wildman–Crippen MR) is 108 cm³/mol. The summed E-state index contributed by atoms with van der Waals surface area (Å²) in [4.78, 5) is 21.4. The van der Waals surface area contributed by atoms with Crippen LogP contribution in [0, 0.1) is 5.92 Å². The molecule has 2 aliphatic heterocycles. The first-order valence-electron chi connectivity index (χ1n) is 10.1. The normalized spacial score (nSPS) is 18.1. The molecule has 6 heteroatoms. The molecule has 0 spiro atoms. The Hall–Kier alpha value is -2.60. The van der Waals surface area contributed by atoms with Crippen molar-refractivity contribution in [3.05, 3.63) is 54.4 Å². The second-order valence-electron chi connectivity index (χ2n) is 7.36. The summed E-state index contributed by atoms with van der Waals surface area (Å²) in [5.41, 5.74) is 1.58. The number of nitrogens with zero attached hydrogens (tertiary/aromatic N) is 3. The Labute approximate surface area is 166 Å². The number of morpholine rings is 1. The summed E-state index contributed by atoms with van der Waals surface area (Å²) in [6, 6.07) is 13.8. The lowest BCUT2D eigenvalue weighted by molar-refractivity contribution is 0.0655. The number of aromatic nitrogens is 1. The van der Waals surface area contributed by atoms with E-state index in [9.17, 15) is 4.79 Å². The van der Waals surface area contributed by atoms with E-state index in [0.717, 1.165) is 63.7 Å². The SMILES string of the molecule is O=C(c1cc(N2CCOCC2)ccn1)N1CCC(COc2ccccc2)CC1. The van der Waals surface area contributed by atoms with E-state index >= 15 is 0 Å². The van der Waals surface area contributed by atoms with Crippen molar-refractivity contribution < 1.29 is 14.3 Å². The Kier molecular flexibility index (Phi) is 6.07. The molecule has 3 heterocycles. The summed E-state index contributed by atoms with van der Waals surface area (Å²) in [5.74, 6) is 1.42. The lowest BCUT2D eigenvalue weighted by Crippen LogP contribution is -2.40. The molecular weight excluding hydrogens is 354 g/mol. The maximum atomic E-state index is 12.9.